The Hall–Kier alpha value is -0.980. The van der Waals surface area contributed by atoms with Crippen molar-refractivity contribution in [2.45, 2.75) is 31.0 Å². The van der Waals surface area contributed by atoms with E-state index in [1.165, 1.54) is 0 Å². The van der Waals surface area contributed by atoms with E-state index in [0.29, 0.717) is 13.0 Å². The minimum atomic E-state index is -1.22. The van der Waals surface area contributed by atoms with E-state index < -0.39 is 24.6 Å². The van der Waals surface area contributed by atoms with Crippen LogP contribution in [0.3, 0.4) is 0 Å². The molecule has 18 heavy (non-hydrogen) atoms. The molecule has 1 saturated heterocycles. The van der Waals surface area contributed by atoms with Gasteiger partial charge >= 0.3 is 0 Å². The van der Waals surface area contributed by atoms with Crippen LogP contribution < -0.4 is 0 Å². The van der Waals surface area contributed by atoms with Crippen LogP contribution in [0.4, 0.5) is 0 Å². The van der Waals surface area contributed by atoms with Gasteiger partial charge in [-0.05, 0) is 12.0 Å². The lowest BCUT2D eigenvalue weighted by molar-refractivity contribution is -0.269. The number of hydrogen-bond acceptors (Lipinski definition) is 5. The van der Waals surface area contributed by atoms with Crippen molar-refractivity contribution in [3.63, 3.8) is 0 Å². The lowest BCUT2D eigenvalue weighted by atomic mass is 10.1. The van der Waals surface area contributed by atoms with Crippen LogP contribution in [0.2, 0.25) is 0 Å². The van der Waals surface area contributed by atoms with Crippen molar-refractivity contribution in [1.82, 2.24) is 0 Å². The highest BCUT2D eigenvalue weighted by Crippen LogP contribution is 2.16. The maximum Gasteiger partial charge on any atom is 0.186 e. The highest BCUT2D eigenvalue weighted by atomic mass is 16.7. The minimum Gasteiger partial charge on any atom is -0.388 e. The van der Waals surface area contributed by atoms with E-state index in [9.17, 15) is 15.3 Å². The SMILES string of the molecule is O[C@H]1[C@H](O)COC(OCCc2ccccc2)[C@@H]1O. The maximum absolute atomic E-state index is 9.65. The third-order valence-electron chi connectivity index (χ3n) is 2.97. The molecule has 3 N–H and O–H groups in total. The van der Waals surface area contributed by atoms with Crippen LogP contribution >= 0.6 is 0 Å². The van der Waals surface area contributed by atoms with Crippen molar-refractivity contribution in [1.29, 1.82) is 0 Å². The molecule has 2 rings (SSSR count). The molecule has 0 saturated carbocycles. The van der Waals surface area contributed by atoms with Gasteiger partial charge < -0.3 is 24.8 Å². The van der Waals surface area contributed by atoms with Crippen molar-refractivity contribution in [2.75, 3.05) is 13.2 Å². The number of benzene rings is 1. The van der Waals surface area contributed by atoms with Gasteiger partial charge in [-0.2, -0.15) is 0 Å². The van der Waals surface area contributed by atoms with Crippen LogP contribution in [0.25, 0.3) is 0 Å². The van der Waals surface area contributed by atoms with Crippen molar-refractivity contribution in [2.24, 2.45) is 0 Å². The second kappa shape index (κ2) is 6.26. The van der Waals surface area contributed by atoms with Gasteiger partial charge in [-0.1, -0.05) is 30.3 Å². The molecule has 1 unspecified atom stereocenters. The third-order valence-corrected chi connectivity index (χ3v) is 2.97. The monoisotopic (exact) mass is 254 g/mol. The summed E-state index contributed by atoms with van der Waals surface area (Å²) in [6.45, 7) is 0.350. The summed E-state index contributed by atoms with van der Waals surface area (Å²) in [6, 6.07) is 9.80. The van der Waals surface area contributed by atoms with E-state index in [2.05, 4.69) is 0 Å². The lowest BCUT2D eigenvalue weighted by Gasteiger charge is -2.34. The predicted octanol–water partition coefficient (Wildman–Crippen LogP) is -0.315. The number of hydrogen-bond donors (Lipinski definition) is 3. The molecule has 1 aliphatic heterocycles. The van der Waals surface area contributed by atoms with E-state index >= 15 is 0 Å². The molecule has 0 amide bonds. The molecule has 4 atom stereocenters. The smallest absolute Gasteiger partial charge is 0.186 e. The zero-order valence-corrected chi connectivity index (χ0v) is 9.98. The molecule has 1 fully saturated rings. The van der Waals surface area contributed by atoms with Gasteiger partial charge in [0.2, 0.25) is 0 Å². The molecular weight excluding hydrogens is 236 g/mol. The second-order valence-corrected chi connectivity index (χ2v) is 4.36. The molecule has 1 aromatic carbocycles. The maximum atomic E-state index is 9.65. The summed E-state index contributed by atoms with van der Waals surface area (Å²) in [5.41, 5.74) is 1.13. The van der Waals surface area contributed by atoms with Crippen molar-refractivity contribution in [3.8, 4) is 0 Å². The van der Waals surface area contributed by atoms with Crippen LogP contribution in [0.1, 0.15) is 5.56 Å². The van der Waals surface area contributed by atoms with Gasteiger partial charge in [-0.25, -0.2) is 0 Å². The first kappa shape index (κ1) is 13.5. The van der Waals surface area contributed by atoms with E-state index in [4.69, 9.17) is 9.47 Å². The summed E-state index contributed by atoms with van der Waals surface area (Å²) in [5, 5.41) is 28.4. The normalized spacial score (nSPS) is 32.4. The van der Waals surface area contributed by atoms with Crippen LogP contribution in [0.15, 0.2) is 30.3 Å². The van der Waals surface area contributed by atoms with Crippen molar-refractivity contribution in [3.05, 3.63) is 35.9 Å². The summed E-state index contributed by atoms with van der Waals surface area (Å²) in [4.78, 5) is 0. The van der Waals surface area contributed by atoms with Gasteiger partial charge in [0.25, 0.3) is 0 Å². The minimum absolute atomic E-state index is 0.0335. The quantitative estimate of drug-likeness (QED) is 0.686. The number of ether oxygens (including phenoxy) is 2. The molecule has 100 valence electrons. The molecule has 5 nitrogen and oxygen atoms in total. The first-order valence-electron chi connectivity index (χ1n) is 6.00. The summed E-state index contributed by atoms with van der Waals surface area (Å²) < 4.78 is 10.5. The molecule has 5 heteroatoms. The molecule has 0 radical (unpaired) electrons. The van der Waals surface area contributed by atoms with E-state index in [1.54, 1.807) is 0 Å². The first-order chi connectivity index (χ1) is 8.68. The summed E-state index contributed by atoms with van der Waals surface area (Å²) in [5.74, 6) is 0. The van der Waals surface area contributed by atoms with Gasteiger partial charge in [0.15, 0.2) is 6.29 Å². The molecule has 0 aliphatic carbocycles. The lowest BCUT2D eigenvalue weighted by Crippen LogP contribution is -2.53. The highest BCUT2D eigenvalue weighted by molar-refractivity contribution is 5.14. The fourth-order valence-electron chi connectivity index (χ4n) is 1.86. The highest BCUT2D eigenvalue weighted by Gasteiger charge is 2.37. The average Bonchev–Trinajstić information content (AvgIpc) is 2.40. The predicted molar refractivity (Wildman–Crippen MR) is 63.9 cm³/mol. The van der Waals surface area contributed by atoms with E-state index in [-0.39, 0.29) is 6.61 Å². The molecule has 1 aliphatic rings. The summed E-state index contributed by atoms with van der Waals surface area (Å²) >= 11 is 0. The molecule has 0 aromatic heterocycles. The molecular formula is C13H18O5. The van der Waals surface area contributed by atoms with Gasteiger partial charge in [0.1, 0.15) is 18.3 Å². The van der Waals surface area contributed by atoms with Gasteiger partial charge in [0.05, 0.1) is 13.2 Å². The molecule has 1 heterocycles. The third kappa shape index (κ3) is 3.28. The summed E-state index contributed by atoms with van der Waals surface area (Å²) in [7, 11) is 0. The molecule has 0 spiro atoms. The van der Waals surface area contributed by atoms with E-state index in [0.717, 1.165) is 5.56 Å². The standard InChI is InChI=1S/C13H18O5/c14-10-8-18-13(12(16)11(10)15)17-7-6-9-4-2-1-3-5-9/h1-5,10-16H,6-8H2/t10-,11+,12-,13?/m1/s1. The fourth-order valence-corrected chi connectivity index (χ4v) is 1.86. The first-order valence-corrected chi connectivity index (χ1v) is 6.00. The van der Waals surface area contributed by atoms with Crippen LogP contribution in [-0.2, 0) is 15.9 Å². The topological polar surface area (TPSA) is 79.2 Å². The Kier molecular flexibility index (Phi) is 4.68. The van der Waals surface area contributed by atoms with Crippen LogP contribution in [0, 0.1) is 0 Å². The van der Waals surface area contributed by atoms with Gasteiger partial charge in [0, 0.05) is 0 Å². The Morgan fingerprint density at radius 1 is 1.11 bits per heavy atom. The van der Waals surface area contributed by atoms with Crippen LogP contribution in [-0.4, -0.2) is 53.1 Å². The second-order valence-electron chi connectivity index (χ2n) is 4.36. The zero-order chi connectivity index (χ0) is 13.0. The molecule has 1 aromatic rings. The largest absolute Gasteiger partial charge is 0.388 e. The van der Waals surface area contributed by atoms with Crippen molar-refractivity contribution < 1.29 is 24.8 Å². The van der Waals surface area contributed by atoms with Gasteiger partial charge in [-0.3, -0.25) is 0 Å². The Bertz CT molecular complexity index is 356. The Morgan fingerprint density at radius 3 is 2.56 bits per heavy atom. The summed E-state index contributed by atoms with van der Waals surface area (Å²) in [6.07, 6.45) is -3.68. The number of rotatable bonds is 4. The molecule has 0 bridgehead atoms. The van der Waals surface area contributed by atoms with E-state index in [1.807, 2.05) is 30.3 Å². The number of aliphatic hydroxyl groups excluding tert-OH is 3. The van der Waals surface area contributed by atoms with Crippen molar-refractivity contribution >= 4 is 0 Å². The van der Waals surface area contributed by atoms with Gasteiger partial charge in [-0.15, -0.1) is 0 Å². The fraction of sp³-hybridized carbons (Fsp3) is 0.538. The average molecular weight is 254 g/mol. The zero-order valence-electron chi connectivity index (χ0n) is 9.98. The Morgan fingerprint density at radius 2 is 1.83 bits per heavy atom. The Balaban J connectivity index is 1.77. The van der Waals surface area contributed by atoms with Crippen LogP contribution in [0.5, 0.6) is 0 Å². The number of aliphatic hydroxyl groups is 3. The Labute approximate surface area is 106 Å².